The van der Waals surface area contributed by atoms with Crippen molar-refractivity contribution in [1.82, 2.24) is 4.31 Å². The van der Waals surface area contributed by atoms with Crippen LogP contribution in [0.25, 0.3) is 0 Å². The van der Waals surface area contributed by atoms with Crippen molar-refractivity contribution in [1.29, 1.82) is 0 Å². The molecule has 0 amide bonds. The third-order valence-corrected chi connectivity index (χ3v) is 7.59. The van der Waals surface area contributed by atoms with Crippen LogP contribution in [0.2, 0.25) is 0 Å². The summed E-state index contributed by atoms with van der Waals surface area (Å²) in [7, 11) is -3.55. The number of Topliss-reactive ketones (excluding diaryl/α,β-unsaturated/α-hetero) is 1. The summed E-state index contributed by atoms with van der Waals surface area (Å²) >= 11 is 0. The Bertz CT molecular complexity index is 949. The normalized spacial score (nSPS) is 26.3. The van der Waals surface area contributed by atoms with E-state index in [0.717, 1.165) is 16.7 Å². The van der Waals surface area contributed by atoms with Gasteiger partial charge in [-0.15, -0.1) is 0 Å². The molecule has 0 radical (unpaired) electrons. The van der Waals surface area contributed by atoms with Gasteiger partial charge in [0.05, 0.1) is 4.90 Å². The molecular formula is C20H21NO3S. The Morgan fingerprint density at radius 2 is 1.76 bits per heavy atom. The number of aryl methyl sites for hydroxylation is 1. The average molecular weight is 355 g/mol. The summed E-state index contributed by atoms with van der Waals surface area (Å²) in [6, 6.07) is 14.6. The van der Waals surface area contributed by atoms with Crippen LogP contribution in [0.1, 0.15) is 34.8 Å². The minimum atomic E-state index is -3.55. The largest absolute Gasteiger partial charge is 0.294 e. The second-order valence-corrected chi connectivity index (χ2v) is 9.34. The molecule has 4 rings (SSSR count). The second kappa shape index (κ2) is 5.51. The van der Waals surface area contributed by atoms with Crippen molar-refractivity contribution in [2.24, 2.45) is 5.92 Å². The van der Waals surface area contributed by atoms with E-state index >= 15 is 0 Å². The highest BCUT2D eigenvalue weighted by molar-refractivity contribution is 7.89. The van der Waals surface area contributed by atoms with Gasteiger partial charge in [0, 0.05) is 30.5 Å². The molecule has 2 aliphatic rings. The predicted molar refractivity (Wildman–Crippen MR) is 96.2 cm³/mol. The smallest absolute Gasteiger partial charge is 0.243 e. The molecular weight excluding hydrogens is 334 g/mol. The van der Waals surface area contributed by atoms with Crippen molar-refractivity contribution in [2.45, 2.75) is 30.6 Å². The lowest BCUT2D eigenvalue weighted by molar-refractivity contribution is 0.0927. The molecule has 1 saturated heterocycles. The molecule has 25 heavy (non-hydrogen) atoms. The molecule has 0 unspecified atom stereocenters. The third-order valence-electron chi connectivity index (χ3n) is 5.76. The topological polar surface area (TPSA) is 54.5 Å². The summed E-state index contributed by atoms with van der Waals surface area (Å²) in [6.45, 7) is 4.84. The number of fused-ring (bicyclic) bond motifs is 3. The zero-order valence-corrected chi connectivity index (χ0v) is 15.2. The van der Waals surface area contributed by atoms with Crippen LogP contribution in [0, 0.1) is 12.8 Å². The molecule has 4 nitrogen and oxygen atoms in total. The maximum absolute atomic E-state index is 13.1. The number of benzene rings is 2. The lowest BCUT2D eigenvalue weighted by Crippen LogP contribution is -2.39. The number of ketones is 1. The summed E-state index contributed by atoms with van der Waals surface area (Å²) < 4.78 is 27.7. The fraction of sp³-hybridized carbons (Fsp3) is 0.350. The van der Waals surface area contributed by atoms with Crippen molar-refractivity contribution in [3.05, 3.63) is 65.2 Å². The highest BCUT2D eigenvalue weighted by Crippen LogP contribution is 2.47. The van der Waals surface area contributed by atoms with Crippen molar-refractivity contribution in [3.8, 4) is 0 Å². The first kappa shape index (κ1) is 16.5. The predicted octanol–water partition coefficient (Wildman–Crippen LogP) is 3.16. The lowest BCUT2D eigenvalue weighted by Gasteiger charge is -2.36. The Labute approximate surface area is 148 Å². The van der Waals surface area contributed by atoms with E-state index in [9.17, 15) is 13.2 Å². The maximum Gasteiger partial charge on any atom is 0.243 e. The van der Waals surface area contributed by atoms with Gasteiger partial charge in [-0.05, 0) is 30.5 Å². The maximum atomic E-state index is 13.1. The molecule has 130 valence electrons. The van der Waals surface area contributed by atoms with Gasteiger partial charge in [0.15, 0.2) is 5.78 Å². The number of hydrogen-bond acceptors (Lipinski definition) is 3. The first-order chi connectivity index (χ1) is 11.8. The van der Waals surface area contributed by atoms with E-state index in [-0.39, 0.29) is 17.1 Å². The molecule has 0 bridgehead atoms. The van der Waals surface area contributed by atoms with Gasteiger partial charge < -0.3 is 0 Å². The Kier molecular flexibility index (Phi) is 3.63. The van der Waals surface area contributed by atoms with Crippen LogP contribution in [0.15, 0.2) is 53.4 Å². The highest BCUT2D eigenvalue weighted by atomic mass is 32.2. The number of carbonyl (C=O) groups excluding carboxylic acids is 1. The standard InChI is InChI=1S/C20H21NO3S/c1-14-7-9-16(10-8-14)25(23,24)21-12-15-11-19(22)17-5-3-4-6-18(17)20(15,2)13-21/h3-10,15H,11-13H2,1-2H3/t15-,20-/m1/s1. The van der Waals surface area contributed by atoms with E-state index < -0.39 is 10.0 Å². The number of hydrogen-bond donors (Lipinski definition) is 0. The van der Waals surface area contributed by atoms with Crippen LogP contribution in [-0.4, -0.2) is 31.6 Å². The van der Waals surface area contributed by atoms with Crippen LogP contribution < -0.4 is 0 Å². The number of rotatable bonds is 2. The summed E-state index contributed by atoms with van der Waals surface area (Å²) in [6.07, 6.45) is 0.410. The zero-order valence-electron chi connectivity index (χ0n) is 14.4. The van der Waals surface area contributed by atoms with E-state index in [1.807, 2.05) is 43.3 Å². The van der Waals surface area contributed by atoms with Gasteiger partial charge in [-0.1, -0.05) is 48.9 Å². The van der Waals surface area contributed by atoms with Crippen LogP contribution in [-0.2, 0) is 15.4 Å². The second-order valence-electron chi connectivity index (χ2n) is 7.40. The SMILES string of the molecule is Cc1ccc(S(=O)(=O)N2C[C@H]3CC(=O)c4ccccc4[C@]3(C)C2)cc1. The van der Waals surface area contributed by atoms with E-state index in [2.05, 4.69) is 6.92 Å². The van der Waals surface area contributed by atoms with Crippen LogP contribution in [0.3, 0.4) is 0 Å². The average Bonchev–Trinajstić information content (AvgIpc) is 2.94. The molecule has 1 heterocycles. The van der Waals surface area contributed by atoms with E-state index in [0.29, 0.717) is 24.4 Å². The van der Waals surface area contributed by atoms with Gasteiger partial charge in [-0.25, -0.2) is 8.42 Å². The van der Waals surface area contributed by atoms with E-state index in [4.69, 9.17) is 0 Å². The fourth-order valence-electron chi connectivity index (χ4n) is 4.20. The van der Waals surface area contributed by atoms with Crippen molar-refractivity contribution < 1.29 is 13.2 Å². The molecule has 2 aromatic rings. The molecule has 1 fully saturated rings. The van der Waals surface area contributed by atoms with Crippen molar-refractivity contribution in [3.63, 3.8) is 0 Å². The quantitative estimate of drug-likeness (QED) is 0.831. The fourth-order valence-corrected chi connectivity index (χ4v) is 5.80. The summed E-state index contributed by atoms with van der Waals surface area (Å²) in [4.78, 5) is 12.8. The molecule has 0 N–H and O–H groups in total. The van der Waals surface area contributed by atoms with Crippen LogP contribution in [0.5, 0.6) is 0 Å². The Balaban J connectivity index is 1.74. The monoisotopic (exact) mass is 355 g/mol. The van der Waals surface area contributed by atoms with Crippen LogP contribution >= 0.6 is 0 Å². The molecule has 1 aliphatic heterocycles. The van der Waals surface area contributed by atoms with Crippen LogP contribution in [0.4, 0.5) is 0 Å². The number of nitrogens with zero attached hydrogens (tertiary/aromatic N) is 1. The Morgan fingerprint density at radius 3 is 2.48 bits per heavy atom. The van der Waals surface area contributed by atoms with Crippen molar-refractivity contribution in [2.75, 3.05) is 13.1 Å². The highest BCUT2D eigenvalue weighted by Gasteiger charge is 2.52. The molecule has 2 atom stereocenters. The minimum absolute atomic E-state index is 0.0233. The minimum Gasteiger partial charge on any atom is -0.294 e. The lowest BCUT2D eigenvalue weighted by atomic mass is 9.66. The molecule has 5 heteroatoms. The molecule has 1 aliphatic carbocycles. The summed E-state index contributed by atoms with van der Waals surface area (Å²) in [5.41, 5.74) is 2.44. The van der Waals surface area contributed by atoms with Gasteiger partial charge in [0.2, 0.25) is 10.0 Å². The van der Waals surface area contributed by atoms with Gasteiger partial charge in [-0.3, -0.25) is 4.79 Å². The molecule has 0 aromatic heterocycles. The molecule has 2 aromatic carbocycles. The first-order valence-electron chi connectivity index (χ1n) is 8.52. The summed E-state index contributed by atoms with van der Waals surface area (Å²) in [5, 5.41) is 0. The Hall–Kier alpha value is -1.98. The van der Waals surface area contributed by atoms with Gasteiger partial charge in [-0.2, -0.15) is 4.31 Å². The number of sulfonamides is 1. The molecule has 0 saturated carbocycles. The number of carbonyl (C=O) groups is 1. The Morgan fingerprint density at radius 1 is 1.08 bits per heavy atom. The van der Waals surface area contributed by atoms with Gasteiger partial charge in [0.25, 0.3) is 0 Å². The molecule has 0 spiro atoms. The van der Waals surface area contributed by atoms with Gasteiger partial charge in [0.1, 0.15) is 0 Å². The van der Waals surface area contributed by atoms with E-state index in [1.54, 1.807) is 16.4 Å². The van der Waals surface area contributed by atoms with E-state index in [1.165, 1.54) is 0 Å². The van der Waals surface area contributed by atoms with Gasteiger partial charge >= 0.3 is 0 Å². The van der Waals surface area contributed by atoms with Crippen molar-refractivity contribution >= 4 is 15.8 Å². The third kappa shape index (κ3) is 2.45. The summed E-state index contributed by atoms with van der Waals surface area (Å²) in [5.74, 6) is 0.141. The zero-order chi connectivity index (χ0) is 17.8. The first-order valence-corrected chi connectivity index (χ1v) is 9.96.